The van der Waals surface area contributed by atoms with Crippen LogP contribution in [0.25, 0.3) is 0 Å². The molecule has 2 aromatic rings. The van der Waals surface area contributed by atoms with Crippen LogP contribution in [0.2, 0.25) is 0 Å². The molecule has 6 heteroatoms. The summed E-state index contributed by atoms with van der Waals surface area (Å²) >= 11 is 0. The van der Waals surface area contributed by atoms with Gasteiger partial charge in [-0.3, -0.25) is 4.79 Å². The molecule has 0 unspecified atom stereocenters. The maximum absolute atomic E-state index is 12.4. The molecule has 138 valence electrons. The highest BCUT2D eigenvalue weighted by molar-refractivity contribution is 7.90. The quantitative estimate of drug-likeness (QED) is 0.800. The van der Waals surface area contributed by atoms with Crippen molar-refractivity contribution in [1.29, 1.82) is 0 Å². The molecule has 1 aliphatic heterocycles. The van der Waals surface area contributed by atoms with Crippen LogP contribution >= 0.6 is 0 Å². The number of hydrogen-bond acceptors (Lipinski definition) is 3. The Labute approximate surface area is 154 Å². The van der Waals surface area contributed by atoms with Crippen LogP contribution in [0.5, 0.6) is 0 Å². The predicted octanol–water partition coefficient (Wildman–Crippen LogP) is 1.20. The number of hydrogen-bond donors (Lipinski definition) is 2. The highest BCUT2D eigenvalue weighted by Gasteiger charge is 2.17. The van der Waals surface area contributed by atoms with E-state index in [1.165, 1.54) is 43.6 Å². The predicted molar refractivity (Wildman–Crippen MR) is 101 cm³/mol. The van der Waals surface area contributed by atoms with Crippen LogP contribution in [0.4, 0.5) is 0 Å². The summed E-state index contributed by atoms with van der Waals surface area (Å²) in [5, 5.41) is 2.94. The number of rotatable bonds is 6. The zero-order chi connectivity index (χ0) is 18.6. The Morgan fingerprint density at radius 1 is 1.00 bits per heavy atom. The number of sulfone groups is 1. The first-order chi connectivity index (χ1) is 12.4. The van der Waals surface area contributed by atoms with E-state index in [1.54, 1.807) is 17.0 Å². The number of amides is 1. The van der Waals surface area contributed by atoms with Gasteiger partial charge >= 0.3 is 0 Å². The first kappa shape index (κ1) is 18.6. The lowest BCUT2D eigenvalue weighted by Crippen LogP contribution is -3.08. The molecule has 1 fully saturated rings. The van der Waals surface area contributed by atoms with Gasteiger partial charge in [0.1, 0.15) is 6.54 Å². The Balaban J connectivity index is 1.64. The Morgan fingerprint density at radius 3 is 2.23 bits per heavy atom. The Kier molecular flexibility index (Phi) is 5.74. The van der Waals surface area contributed by atoms with Crippen LogP contribution in [-0.2, 0) is 22.9 Å². The third-order valence-corrected chi connectivity index (χ3v) is 5.98. The maximum atomic E-state index is 12.4. The summed E-state index contributed by atoms with van der Waals surface area (Å²) in [6.07, 6.45) is 3.73. The summed E-state index contributed by atoms with van der Waals surface area (Å²) in [5.74, 6) is -0.201. The van der Waals surface area contributed by atoms with Crippen molar-refractivity contribution < 1.29 is 18.1 Å². The monoisotopic (exact) mass is 373 g/mol. The molecule has 1 amide bonds. The van der Waals surface area contributed by atoms with Gasteiger partial charge in [0.15, 0.2) is 9.84 Å². The van der Waals surface area contributed by atoms with Gasteiger partial charge in [-0.2, -0.15) is 0 Å². The van der Waals surface area contributed by atoms with Crippen molar-refractivity contribution in [2.45, 2.75) is 30.8 Å². The molecule has 2 N–H and O–H groups in total. The zero-order valence-electron chi connectivity index (χ0n) is 15.0. The van der Waals surface area contributed by atoms with Crippen molar-refractivity contribution in [3.05, 3.63) is 65.2 Å². The van der Waals surface area contributed by atoms with Gasteiger partial charge < -0.3 is 10.2 Å². The molecule has 0 aromatic heterocycles. The lowest BCUT2D eigenvalue weighted by atomic mass is 10.1. The largest absolute Gasteiger partial charge is 0.348 e. The summed E-state index contributed by atoms with van der Waals surface area (Å²) in [7, 11) is -3.25. The fourth-order valence-corrected chi connectivity index (χ4v) is 3.99. The standard InChI is InChI=1S/C20H24N2O3S/c1-26(24,25)19-10-8-16(9-11-19)20(23)21-14-17-6-2-3-7-18(17)15-22-12-4-5-13-22/h2-3,6-11H,4-5,12-15H2,1H3,(H,21,23)/p+1. The van der Waals surface area contributed by atoms with Gasteiger partial charge in [0, 0.05) is 36.8 Å². The van der Waals surface area contributed by atoms with E-state index in [0.29, 0.717) is 12.1 Å². The number of benzene rings is 2. The average Bonchev–Trinajstić information content (AvgIpc) is 3.13. The molecule has 2 aromatic carbocycles. The van der Waals surface area contributed by atoms with Crippen LogP contribution in [-0.4, -0.2) is 33.7 Å². The molecule has 26 heavy (non-hydrogen) atoms. The molecule has 0 spiro atoms. The number of carbonyl (C=O) groups excluding carboxylic acids is 1. The molecule has 1 saturated heterocycles. The minimum Gasteiger partial charge on any atom is -0.348 e. The molecule has 5 nitrogen and oxygen atoms in total. The number of nitrogens with one attached hydrogen (secondary N) is 2. The minimum absolute atomic E-state index is 0.201. The first-order valence-electron chi connectivity index (χ1n) is 8.92. The maximum Gasteiger partial charge on any atom is 0.251 e. The fraction of sp³-hybridized carbons (Fsp3) is 0.350. The molecule has 0 atom stereocenters. The third-order valence-electron chi connectivity index (χ3n) is 4.85. The molecule has 0 saturated carbocycles. The average molecular weight is 373 g/mol. The highest BCUT2D eigenvalue weighted by Crippen LogP contribution is 2.12. The Morgan fingerprint density at radius 2 is 1.62 bits per heavy atom. The van der Waals surface area contributed by atoms with E-state index in [-0.39, 0.29) is 10.8 Å². The van der Waals surface area contributed by atoms with Gasteiger partial charge in [0.2, 0.25) is 0 Å². The number of likely N-dealkylation sites (tertiary alicyclic amines) is 1. The van der Waals surface area contributed by atoms with Gasteiger partial charge in [-0.15, -0.1) is 0 Å². The molecule has 1 aliphatic rings. The third kappa shape index (κ3) is 4.71. The minimum atomic E-state index is -3.25. The molecule has 1 heterocycles. The normalized spacial score (nSPS) is 15.1. The SMILES string of the molecule is CS(=O)(=O)c1ccc(C(=O)NCc2ccccc2C[NH+]2CCCC2)cc1. The van der Waals surface area contributed by atoms with Crippen molar-refractivity contribution in [2.24, 2.45) is 0 Å². The molecule has 3 rings (SSSR count). The topological polar surface area (TPSA) is 67.7 Å². The summed E-state index contributed by atoms with van der Waals surface area (Å²) in [6, 6.07) is 14.2. The van der Waals surface area contributed by atoms with Crippen molar-refractivity contribution in [3.8, 4) is 0 Å². The van der Waals surface area contributed by atoms with Crippen molar-refractivity contribution in [2.75, 3.05) is 19.3 Å². The molecule has 0 bridgehead atoms. The summed E-state index contributed by atoms with van der Waals surface area (Å²) < 4.78 is 23.0. The van der Waals surface area contributed by atoms with Crippen LogP contribution < -0.4 is 10.2 Å². The zero-order valence-corrected chi connectivity index (χ0v) is 15.8. The lowest BCUT2D eigenvalue weighted by Gasteiger charge is -2.15. The van der Waals surface area contributed by atoms with Gasteiger partial charge in [-0.1, -0.05) is 24.3 Å². The summed E-state index contributed by atoms with van der Waals surface area (Å²) in [4.78, 5) is 14.2. The Bertz CT molecular complexity index is 870. The summed E-state index contributed by atoms with van der Waals surface area (Å²) in [5.41, 5.74) is 2.87. The van der Waals surface area contributed by atoms with Crippen molar-refractivity contribution >= 4 is 15.7 Å². The van der Waals surface area contributed by atoms with Gasteiger partial charge in [0.25, 0.3) is 5.91 Å². The smallest absolute Gasteiger partial charge is 0.251 e. The van der Waals surface area contributed by atoms with E-state index >= 15 is 0 Å². The molecular weight excluding hydrogens is 348 g/mol. The van der Waals surface area contributed by atoms with E-state index in [1.807, 2.05) is 12.1 Å². The number of quaternary nitrogens is 1. The van der Waals surface area contributed by atoms with E-state index in [0.717, 1.165) is 18.4 Å². The summed E-state index contributed by atoms with van der Waals surface area (Å²) in [6.45, 7) is 3.89. The van der Waals surface area contributed by atoms with Crippen molar-refractivity contribution in [1.82, 2.24) is 5.32 Å². The van der Waals surface area contributed by atoms with Crippen LogP contribution in [0.1, 0.15) is 34.3 Å². The van der Waals surface area contributed by atoms with Gasteiger partial charge in [0.05, 0.1) is 18.0 Å². The second kappa shape index (κ2) is 8.01. The number of carbonyl (C=O) groups is 1. The first-order valence-corrected chi connectivity index (χ1v) is 10.8. The van der Waals surface area contributed by atoms with Crippen LogP contribution in [0.3, 0.4) is 0 Å². The van der Waals surface area contributed by atoms with E-state index in [2.05, 4.69) is 17.4 Å². The van der Waals surface area contributed by atoms with Crippen LogP contribution in [0, 0.1) is 0 Å². The van der Waals surface area contributed by atoms with Gasteiger partial charge in [-0.05, 0) is 29.8 Å². The second-order valence-corrected chi connectivity index (χ2v) is 8.90. The molecule has 0 aliphatic carbocycles. The Hall–Kier alpha value is -2.18. The molecular formula is C20H25N2O3S+. The van der Waals surface area contributed by atoms with E-state index in [9.17, 15) is 13.2 Å². The van der Waals surface area contributed by atoms with E-state index in [4.69, 9.17) is 0 Å². The van der Waals surface area contributed by atoms with Crippen molar-refractivity contribution in [3.63, 3.8) is 0 Å². The fourth-order valence-electron chi connectivity index (χ4n) is 3.35. The molecule has 0 radical (unpaired) electrons. The highest BCUT2D eigenvalue weighted by atomic mass is 32.2. The van der Waals surface area contributed by atoms with Gasteiger partial charge in [-0.25, -0.2) is 8.42 Å². The van der Waals surface area contributed by atoms with E-state index < -0.39 is 9.84 Å². The van der Waals surface area contributed by atoms with Crippen LogP contribution in [0.15, 0.2) is 53.4 Å². The second-order valence-electron chi connectivity index (χ2n) is 6.88. The lowest BCUT2D eigenvalue weighted by molar-refractivity contribution is -0.901.